The quantitative estimate of drug-likeness (QED) is 0.222. The van der Waals surface area contributed by atoms with Crippen molar-refractivity contribution in [3.63, 3.8) is 0 Å². The molecule has 1 aliphatic heterocycles. The molecule has 3 rings (SSSR count). The van der Waals surface area contributed by atoms with Crippen LogP contribution < -0.4 is 5.46 Å². The fourth-order valence-corrected chi connectivity index (χ4v) is 4.62. The van der Waals surface area contributed by atoms with E-state index in [0.29, 0.717) is 5.02 Å². The molecule has 2 aromatic carbocycles. The Morgan fingerprint density at radius 1 is 0.750 bits per heavy atom. The van der Waals surface area contributed by atoms with Crippen LogP contribution in [0.25, 0.3) is 0 Å². The van der Waals surface area contributed by atoms with Crippen LogP contribution in [0.1, 0.15) is 35.1 Å². The van der Waals surface area contributed by atoms with E-state index in [2.05, 4.69) is 63.7 Å². The van der Waals surface area contributed by atoms with Crippen molar-refractivity contribution in [3.05, 3.63) is 58.3 Å². The lowest BCUT2D eigenvalue weighted by Crippen LogP contribution is -2.41. The second-order valence-electron chi connectivity index (χ2n) is 6.92. The first kappa shape index (κ1) is 27.0. The highest BCUT2D eigenvalue weighted by Gasteiger charge is 2.51. The fraction of sp³-hybridized carbons (Fsp3) is 0.368. The van der Waals surface area contributed by atoms with Crippen LogP contribution in [0.2, 0.25) is 10.0 Å². The van der Waals surface area contributed by atoms with E-state index in [1.165, 1.54) is 0 Å². The Hall–Kier alpha value is 0.925. The molecule has 0 saturated carbocycles. The number of hydrogen-bond donors (Lipinski definition) is 0. The molecule has 1 fully saturated rings. The van der Waals surface area contributed by atoms with E-state index in [1.54, 1.807) is 0 Å². The Bertz CT molecular complexity index is 787. The molecule has 154 valence electrons. The highest BCUT2D eigenvalue weighted by atomic mass is 79.9. The average Bonchev–Trinajstić information content (AvgIpc) is 2.78. The van der Waals surface area contributed by atoms with Gasteiger partial charge in [-0.15, -0.1) is 0 Å². The molecule has 0 bridgehead atoms. The molecule has 0 aromatic heterocycles. The van der Waals surface area contributed by atoms with Crippen molar-refractivity contribution in [1.82, 2.24) is 0 Å². The molecule has 9 heteroatoms. The first-order chi connectivity index (χ1) is 12.4. The summed E-state index contributed by atoms with van der Waals surface area (Å²) in [7, 11) is -0.375. The smallest absolute Gasteiger partial charge is 0.399 e. The van der Waals surface area contributed by atoms with Crippen LogP contribution in [0.5, 0.6) is 0 Å². The predicted molar refractivity (Wildman–Crippen MR) is 136 cm³/mol. The van der Waals surface area contributed by atoms with Gasteiger partial charge in [-0.2, -0.15) is 0 Å². The van der Waals surface area contributed by atoms with Gasteiger partial charge in [-0.05, 0) is 121 Å². The molecule has 2 aromatic rings. The SMILES string of the molecule is C.CC1(C)OB(c2cc(Br)c(Cl)c(Br)c2)OC1(C)C.Clc1c(Br)cccc1Br. The molecular weight excluding hydrogens is 662 g/mol. The summed E-state index contributed by atoms with van der Waals surface area (Å²) in [6, 6.07) is 9.56. The van der Waals surface area contributed by atoms with Gasteiger partial charge < -0.3 is 9.31 Å². The highest BCUT2D eigenvalue weighted by molar-refractivity contribution is 9.11. The van der Waals surface area contributed by atoms with Crippen LogP contribution in [0.4, 0.5) is 0 Å². The first-order valence-electron chi connectivity index (χ1n) is 7.95. The van der Waals surface area contributed by atoms with Crippen LogP contribution in [0, 0.1) is 0 Å². The molecule has 1 heterocycles. The number of halogens is 6. The van der Waals surface area contributed by atoms with Gasteiger partial charge in [0.1, 0.15) is 0 Å². The Labute approximate surface area is 211 Å². The van der Waals surface area contributed by atoms with Crippen molar-refractivity contribution < 1.29 is 9.31 Å². The maximum atomic E-state index is 6.09. The van der Waals surface area contributed by atoms with Crippen molar-refractivity contribution >= 4 is 99.5 Å². The van der Waals surface area contributed by atoms with Crippen molar-refractivity contribution in [2.75, 3.05) is 0 Å². The van der Waals surface area contributed by atoms with Crippen molar-refractivity contribution in [3.8, 4) is 0 Å². The third kappa shape index (κ3) is 6.22. The topological polar surface area (TPSA) is 18.5 Å². The minimum absolute atomic E-state index is 0. The summed E-state index contributed by atoms with van der Waals surface area (Å²) in [5, 5.41) is 1.37. The van der Waals surface area contributed by atoms with Crippen molar-refractivity contribution in [1.29, 1.82) is 0 Å². The fourth-order valence-electron chi connectivity index (χ4n) is 2.17. The molecule has 0 amide bonds. The molecule has 28 heavy (non-hydrogen) atoms. The lowest BCUT2D eigenvalue weighted by atomic mass is 9.79. The summed E-state index contributed by atoms with van der Waals surface area (Å²) in [5.74, 6) is 0. The maximum Gasteiger partial charge on any atom is 0.494 e. The number of rotatable bonds is 1. The minimum atomic E-state index is -0.375. The minimum Gasteiger partial charge on any atom is -0.399 e. The van der Waals surface area contributed by atoms with Gasteiger partial charge in [0, 0.05) is 17.9 Å². The van der Waals surface area contributed by atoms with Gasteiger partial charge in [-0.1, -0.05) is 36.7 Å². The molecule has 0 unspecified atom stereocenters. The van der Waals surface area contributed by atoms with E-state index in [1.807, 2.05) is 58.0 Å². The van der Waals surface area contributed by atoms with E-state index in [0.717, 1.165) is 28.4 Å². The van der Waals surface area contributed by atoms with Gasteiger partial charge >= 0.3 is 7.12 Å². The summed E-state index contributed by atoms with van der Waals surface area (Å²) in [6.07, 6.45) is 0. The predicted octanol–water partition coefficient (Wildman–Crippen LogP) is 8.67. The Balaban J connectivity index is 0.000000332. The largest absolute Gasteiger partial charge is 0.494 e. The van der Waals surface area contributed by atoms with Crippen LogP contribution in [0.15, 0.2) is 48.2 Å². The summed E-state index contributed by atoms with van der Waals surface area (Å²) in [6.45, 7) is 8.14. The molecular formula is C19H21BBr4Cl2O2. The van der Waals surface area contributed by atoms with Crippen LogP contribution in [-0.4, -0.2) is 18.3 Å². The normalized spacial score (nSPS) is 16.9. The molecule has 1 saturated heterocycles. The van der Waals surface area contributed by atoms with Crippen LogP contribution in [0.3, 0.4) is 0 Å². The maximum absolute atomic E-state index is 6.09. The van der Waals surface area contributed by atoms with Gasteiger partial charge in [0.25, 0.3) is 0 Å². The summed E-state index contributed by atoms with van der Waals surface area (Å²) in [5.41, 5.74) is 0.267. The standard InChI is InChI=1S/C12H14BBr2ClO2.C6H3Br2Cl.CH4/c1-11(2)12(3,4)18-13(17-11)7-5-8(14)10(16)9(15)6-7;7-4-2-1-3-5(8)6(4)9;/h5-6H,1-4H3;1-3H;1H4. The van der Waals surface area contributed by atoms with Gasteiger partial charge in [0.05, 0.1) is 21.2 Å². The van der Waals surface area contributed by atoms with E-state index < -0.39 is 0 Å². The zero-order chi connectivity index (χ0) is 20.6. The monoisotopic (exact) mass is 678 g/mol. The van der Waals surface area contributed by atoms with Gasteiger partial charge in [-0.25, -0.2) is 0 Å². The van der Waals surface area contributed by atoms with Gasteiger partial charge in [0.15, 0.2) is 0 Å². The van der Waals surface area contributed by atoms with Crippen LogP contribution in [-0.2, 0) is 9.31 Å². The second-order valence-corrected chi connectivity index (χ2v) is 11.1. The summed E-state index contributed by atoms with van der Waals surface area (Å²) in [4.78, 5) is 0. The van der Waals surface area contributed by atoms with E-state index in [4.69, 9.17) is 32.5 Å². The van der Waals surface area contributed by atoms with E-state index >= 15 is 0 Å². The number of benzene rings is 2. The highest BCUT2D eigenvalue weighted by Crippen LogP contribution is 2.37. The lowest BCUT2D eigenvalue weighted by molar-refractivity contribution is 0.00578. The molecule has 2 nitrogen and oxygen atoms in total. The van der Waals surface area contributed by atoms with E-state index in [-0.39, 0.29) is 25.7 Å². The Kier molecular flexibility index (Phi) is 10.1. The molecule has 1 aliphatic rings. The first-order valence-corrected chi connectivity index (χ1v) is 11.9. The Morgan fingerprint density at radius 2 is 1.11 bits per heavy atom. The van der Waals surface area contributed by atoms with Gasteiger partial charge in [-0.3, -0.25) is 0 Å². The molecule has 0 atom stereocenters. The van der Waals surface area contributed by atoms with Crippen molar-refractivity contribution in [2.24, 2.45) is 0 Å². The summed E-state index contributed by atoms with van der Waals surface area (Å²) >= 11 is 25.3. The number of hydrogen-bond acceptors (Lipinski definition) is 2. The van der Waals surface area contributed by atoms with Gasteiger partial charge in [0.2, 0.25) is 0 Å². The molecule has 0 aliphatic carbocycles. The Morgan fingerprint density at radius 3 is 1.46 bits per heavy atom. The molecule has 0 radical (unpaired) electrons. The zero-order valence-electron chi connectivity index (χ0n) is 15.0. The second kappa shape index (κ2) is 10.5. The van der Waals surface area contributed by atoms with E-state index in [9.17, 15) is 0 Å². The molecule has 0 N–H and O–H groups in total. The van der Waals surface area contributed by atoms with Crippen molar-refractivity contribution in [2.45, 2.75) is 46.3 Å². The summed E-state index contributed by atoms with van der Waals surface area (Å²) < 4.78 is 15.5. The molecule has 0 spiro atoms. The van der Waals surface area contributed by atoms with Crippen LogP contribution >= 0.6 is 86.9 Å². The average molecular weight is 683 g/mol. The lowest BCUT2D eigenvalue weighted by Gasteiger charge is -2.32. The zero-order valence-corrected chi connectivity index (χ0v) is 22.9. The third-order valence-electron chi connectivity index (χ3n) is 4.44. The third-order valence-corrected chi connectivity index (χ3v) is 8.74.